The number of hydrogen-bond donors (Lipinski definition) is 1. The van der Waals surface area contributed by atoms with Crippen molar-refractivity contribution in [1.29, 1.82) is 0 Å². The zero-order valence-corrected chi connectivity index (χ0v) is 13.5. The van der Waals surface area contributed by atoms with Gasteiger partial charge < -0.3 is 5.73 Å². The van der Waals surface area contributed by atoms with Crippen LogP contribution in [0.25, 0.3) is 0 Å². The third kappa shape index (κ3) is 4.42. The Balaban J connectivity index is 2.06. The van der Waals surface area contributed by atoms with E-state index in [0.717, 1.165) is 18.5 Å². The van der Waals surface area contributed by atoms with E-state index in [2.05, 4.69) is 16.9 Å². The quantitative estimate of drug-likeness (QED) is 0.883. The van der Waals surface area contributed by atoms with E-state index in [1.165, 1.54) is 5.56 Å². The molecule has 1 heterocycles. The van der Waals surface area contributed by atoms with Crippen LogP contribution in [0.4, 0.5) is 0 Å². The van der Waals surface area contributed by atoms with Crippen molar-refractivity contribution in [3.8, 4) is 0 Å². The fourth-order valence-corrected chi connectivity index (χ4v) is 2.86. The van der Waals surface area contributed by atoms with Gasteiger partial charge in [-0.1, -0.05) is 29.3 Å². The molecule has 0 saturated carbocycles. The number of likely N-dealkylation sites (N-methyl/N-ethyl adjacent to an activating group) is 1. The van der Waals surface area contributed by atoms with Crippen molar-refractivity contribution in [2.45, 2.75) is 12.5 Å². The van der Waals surface area contributed by atoms with Crippen molar-refractivity contribution in [1.82, 2.24) is 9.88 Å². The minimum atomic E-state index is 0.0802. The van der Waals surface area contributed by atoms with Gasteiger partial charge >= 0.3 is 0 Å². The number of hydrogen-bond acceptors (Lipinski definition) is 3. The lowest BCUT2D eigenvalue weighted by Crippen LogP contribution is -2.32. The van der Waals surface area contributed by atoms with Crippen molar-refractivity contribution in [3.63, 3.8) is 0 Å². The van der Waals surface area contributed by atoms with Gasteiger partial charge in [0.05, 0.1) is 0 Å². The Hall–Kier alpha value is -1.13. The van der Waals surface area contributed by atoms with Gasteiger partial charge in [0.1, 0.15) is 0 Å². The van der Waals surface area contributed by atoms with E-state index in [4.69, 9.17) is 28.9 Å². The Morgan fingerprint density at radius 1 is 1.19 bits per heavy atom. The van der Waals surface area contributed by atoms with Crippen molar-refractivity contribution in [2.75, 3.05) is 20.1 Å². The van der Waals surface area contributed by atoms with Crippen LogP contribution >= 0.6 is 23.2 Å². The summed E-state index contributed by atoms with van der Waals surface area (Å²) in [4.78, 5) is 6.25. The van der Waals surface area contributed by atoms with E-state index in [1.54, 1.807) is 6.07 Å². The standard InChI is InChI=1S/C16H19Cl2N3/c1-21(9-6-12-4-7-20-8-5-12)16(11-19)14-3-2-13(17)10-15(14)18/h2-5,7-8,10,16H,6,9,11,19H2,1H3. The van der Waals surface area contributed by atoms with Gasteiger partial charge in [0, 0.05) is 41.6 Å². The van der Waals surface area contributed by atoms with Crippen molar-refractivity contribution >= 4 is 23.2 Å². The van der Waals surface area contributed by atoms with Gasteiger partial charge in [-0.3, -0.25) is 9.88 Å². The zero-order chi connectivity index (χ0) is 15.2. The van der Waals surface area contributed by atoms with Crippen LogP contribution in [0.5, 0.6) is 0 Å². The maximum absolute atomic E-state index is 6.29. The molecule has 0 fully saturated rings. The van der Waals surface area contributed by atoms with Gasteiger partial charge in [0.15, 0.2) is 0 Å². The lowest BCUT2D eigenvalue weighted by atomic mass is 10.0. The number of pyridine rings is 1. The first-order chi connectivity index (χ1) is 10.1. The van der Waals surface area contributed by atoms with E-state index in [1.807, 2.05) is 36.7 Å². The second kappa shape index (κ2) is 7.76. The molecule has 0 aliphatic rings. The molecule has 3 nitrogen and oxygen atoms in total. The highest BCUT2D eigenvalue weighted by atomic mass is 35.5. The Bertz CT molecular complexity index is 575. The number of aromatic nitrogens is 1. The fraction of sp³-hybridized carbons (Fsp3) is 0.312. The lowest BCUT2D eigenvalue weighted by molar-refractivity contribution is 0.253. The number of halogens is 2. The lowest BCUT2D eigenvalue weighted by Gasteiger charge is -2.28. The number of benzene rings is 1. The molecule has 0 aliphatic heterocycles. The van der Waals surface area contributed by atoms with E-state index >= 15 is 0 Å². The van der Waals surface area contributed by atoms with Gasteiger partial charge in [-0.05, 0) is 48.9 Å². The summed E-state index contributed by atoms with van der Waals surface area (Å²) in [6.07, 6.45) is 4.57. The van der Waals surface area contributed by atoms with Crippen LogP contribution in [0.2, 0.25) is 10.0 Å². The Morgan fingerprint density at radius 2 is 1.90 bits per heavy atom. The monoisotopic (exact) mass is 323 g/mol. The molecule has 0 spiro atoms. The summed E-state index contributed by atoms with van der Waals surface area (Å²) in [5.74, 6) is 0. The molecule has 0 amide bonds. The molecule has 0 saturated heterocycles. The SMILES string of the molecule is CN(CCc1ccncc1)C(CN)c1ccc(Cl)cc1Cl. The molecule has 2 N–H and O–H groups in total. The smallest absolute Gasteiger partial charge is 0.0482 e. The fourth-order valence-electron chi connectivity index (χ4n) is 2.33. The molecule has 112 valence electrons. The third-order valence-electron chi connectivity index (χ3n) is 3.58. The summed E-state index contributed by atoms with van der Waals surface area (Å²) in [5, 5.41) is 1.30. The molecule has 2 aromatic rings. The molecule has 1 aromatic heterocycles. The summed E-state index contributed by atoms with van der Waals surface area (Å²) in [6, 6.07) is 9.70. The second-order valence-electron chi connectivity index (χ2n) is 5.00. The van der Waals surface area contributed by atoms with E-state index in [0.29, 0.717) is 16.6 Å². The summed E-state index contributed by atoms with van der Waals surface area (Å²) in [7, 11) is 2.06. The van der Waals surface area contributed by atoms with Crippen molar-refractivity contribution in [2.24, 2.45) is 5.73 Å². The first-order valence-corrected chi connectivity index (χ1v) is 7.61. The topological polar surface area (TPSA) is 42.2 Å². The zero-order valence-electron chi connectivity index (χ0n) is 12.0. The molecule has 1 aromatic carbocycles. The maximum Gasteiger partial charge on any atom is 0.0482 e. The predicted octanol–water partition coefficient (Wildman–Crippen LogP) is 3.56. The predicted molar refractivity (Wildman–Crippen MR) is 88.8 cm³/mol. The Morgan fingerprint density at radius 3 is 2.52 bits per heavy atom. The molecular formula is C16H19Cl2N3. The summed E-state index contributed by atoms with van der Waals surface area (Å²) >= 11 is 12.2. The van der Waals surface area contributed by atoms with Crippen LogP contribution < -0.4 is 5.73 Å². The molecule has 0 aliphatic carbocycles. The van der Waals surface area contributed by atoms with E-state index < -0.39 is 0 Å². The average Bonchev–Trinajstić information content (AvgIpc) is 2.49. The molecule has 21 heavy (non-hydrogen) atoms. The molecule has 1 atom stereocenters. The van der Waals surface area contributed by atoms with Crippen molar-refractivity contribution < 1.29 is 0 Å². The van der Waals surface area contributed by atoms with Crippen molar-refractivity contribution in [3.05, 3.63) is 63.9 Å². The summed E-state index contributed by atoms with van der Waals surface area (Å²) < 4.78 is 0. The maximum atomic E-state index is 6.29. The van der Waals surface area contributed by atoms with Gasteiger partial charge in [-0.25, -0.2) is 0 Å². The normalized spacial score (nSPS) is 12.6. The van der Waals surface area contributed by atoms with Crippen LogP contribution in [0.15, 0.2) is 42.7 Å². The number of nitrogens with zero attached hydrogens (tertiary/aromatic N) is 2. The molecule has 2 rings (SSSR count). The average molecular weight is 324 g/mol. The minimum absolute atomic E-state index is 0.0802. The highest BCUT2D eigenvalue weighted by Crippen LogP contribution is 2.28. The number of nitrogens with two attached hydrogens (primary N) is 1. The van der Waals surface area contributed by atoms with Crippen LogP contribution in [-0.4, -0.2) is 30.0 Å². The summed E-state index contributed by atoms with van der Waals surface area (Å²) in [6.45, 7) is 1.40. The van der Waals surface area contributed by atoms with Crippen LogP contribution in [0.1, 0.15) is 17.2 Å². The molecule has 0 radical (unpaired) electrons. The number of rotatable bonds is 6. The molecule has 0 bridgehead atoms. The highest BCUT2D eigenvalue weighted by Gasteiger charge is 2.18. The van der Waals surface area contributed by atoms with E-state index in [9.17, 15) is 0 Å². The molecule has 5 heteroatoms. The Labute approximate surface area is 135 Å². The van der Waals surface area contributed by atoms with E-state index in [-0.39, 0.29) is 6.04 Å². The van der Waals surface area contributed by atoms with Gasteiger partial charge in [0.25, 0.3) is 0 Å². The molecular weight excluding hydrogens is 305 g/mol. The van der Waals surface area contributed by atoms with Crippen LogP contribution in [0.3, 0.4) is 0 Å². The van der Waals surface area contributed by atoms with Crippen LogP contribution in [0, 0.1) is 0 Å². The van der Waals surface area contributed by atoms with Gasteiger partial charge in [-0.15, -0.1) is 0 Å². The van der Waals surface area contributed by atoms with Crippen LogP contribution in [-0.2, 0) is 6.42 Å². The summed E-state index contributed by atoms with van der Waals surface area (Å²) in [5.41, 5.74) is 8.21. The molecule has 1 unspecified atom stereocenters. The van der Waals surface area contributed by atoms with Gasteiger partial charge in [-0.2, -0.15) is 0 Å². The highest BCUT2D eigenvalue weighted by molar-refractivity contribution is 6.35. The first kappa shape index (κ1) is 16.2. The third-order valence-corrected chi connectivity index (χ3v) is 4.14. The largest absolute Gasteiger partial charge is 0.329 e. The van der Waals surface area contributed by atoms with Gasteiger partial charge in [0.2, 0.25) is 0 Å². The first-order valence-electron chi connectivity index (χ1n) is 6.86. The Kier molecular flexibility index (Phi) is 6.00. The second-order valence-corrected chi connectivity index (χ2v) is 5.85. The minimum Gasteiger partial charge on any atom is -0.329 e.